The van der Waals surface area contributed by atoms with Gasteiger partial charge >= 0.3 is 0 Å². The van der Waals surface area contributed by atoms with Crippen LogP contribution in [0.1, 0.15) is 19.4 Å². The summed E-state index contributed by atoms with van der Waals surface area (Å²) in [5.74, 6) is 0.858. The first-order valence-electron chi connectivity index (χ1n) is 5.66. The minimum absolute atomic E-state index is 0.00577. The minimum Gasteiger partial charge on any atom is -0.491 e. The van der Waals surface area contributed by atoms with Gasteiger partial charge in [-0.05, 0) is 40.1 Å². The quantitative estimate of drug-likeness (QED) is 0.908. The van der Waals surface area contributed by atoms with Crippen molar-refractivity contribution in [3.63, 3.8) is 0 Å². The fourth-order valence-electron chi connectivity index (χ4n) is 1.26. The second-order valence-corrected chi connectivity index (χ2v) is 5.77. The highest BCUT2D eigenvalue weighted by Gasteiger charge is 2.21. The summed E-state index contributed by atoms with van der Waals surface area (Å²) >= 11 is 3.49. The fourth-order valence-corrected chi connectivity index (χ4v) is 1.77. The van der Waals surface area contributed by atoms with Gasteiger partial charge in [0, 0.05) is 22.1 Å². The van der Waals surface area contributed by atoms with Crippen LogP contribution in [-0.4, -0.2) is 31.1 Å². The number of rotatable bonds is 5. The SMILES string of the molecule is CN(C)C(C)(C)COc1cccc(Br)c1CN. The van der Waals surface area contributed by atoms with Gasteiger partial charge in [-0.1, -0.05) is 22.0 Å². The molecule has 0 unspecified atom stereocenters. The first-order chi connectivity index (χ1) is 7.88. The van der Waals surface area contributed by atoms with Crippen LogP contribution in [0.15, 0.2) is 22.7 Å². The molecule has 0 radical (unpaired) electrons. The molecular weight excluding hydrogens is 280 g/mol. The van der Waals surface area contributed by atoms with E-state index in [1.807, 2.05) is 32.3 Å². The molecule has 0 saturated carbocycles. The molecule has 0 spiro atoms. The second kappa shape index (κ2) is 5.85. The van der Waals surface area contributed by atoms with Crippen LogP contribution in [0.3, 0.4) is 0 Å². The maximum atomic E-state index is 5.88. The molecule has 17 heavy (non-hydrogen) atoms. The molecule has 0 aliphatic rings. The molecule has 1 aromatic carbocycles. The predicted molar refractivity (Wildman–Crippen MR) is 75.3 cm³/mol. The Kier molecular flexibility index (Phi) is 4.98. The van der Waals surface area contributed by atoms with Crippen molar-refractivity contribution in [1.82, 2.24) is 4.90 Å². The zero-order valence-corrected chi connectivity index (χ0v) is 12.5. The van der Waals surface area contributed by atoms with E-state index >= 15 is 0 Å². The molecule has 2 N–H and O–H groups in total. The number of nitrogens with zero attached hydrogens (tertiary/aromatic N) is 1. The molecule has 0 fully saturated rings. The Bertz CT molecular complexity index is 378. The molecule has 0 heterocycles. The van der Waals surface area contributed by atoms with Crippen molar-refractivity contribution in [2.45, 2.75) is 25.9 Å². The largest absolute Gasteiger partial charge is 0.491 e. The molecule has 96 valence electrons. The summed E-state index contributed by atoms with van der Waals surface area (Å²) in [4.78, 5) is 2.15. The number of likely N-dealkylation sites (N-methyl/N-ethyl adjacent to an activating group) is 1. The number of ether oxygens (including phenoxy) is 1. The highest BCUT2D eigenvalue weighted by atomic mass is 79.9. The average Bonchev–Trinajstić information content (AvgIpc) is 2.26. The van der Waals surface area contributed by atoms with E-state index in [4.69, 9.17) is 10.5 Å². The van der Waals surface area contributed by atoms with Crippen molar-refractivity contribution >= 4 is 15.9 Å². The zero-order valence-electron chi connectivity index (χ0n) is 11.0. The molecule has 0 saturated heterocycles. The molecule has 4 heteroatoms. The van der Waals surface area contributed by atoms with E-state index in [-0.39, 0.29) is 5.54 Å². The standard InChI is InChI=1S/C13H21BrN2O/c1-13(2,16(3)4)9-17-12-7-5-6-11(14)10(12)8-15/h5-7H,8-9,15H2,1-4H3. The second-order valence-electron chi connectivity index (χ2n) is 4.92. The summed E-state index contributed by atoms with van der Waals surface area (Å²) in [5, 5.41) is 0. The van der Waals surface area contributed by atoms with Gasteiger partial charge in [-0.2, -0.15) is 0 Å². The van der Waals surface area contributed by atoms with Gasteiger partial charge in [-0.25, -0.2) is 0 Å². The van der Waals surface area contributed by atoms with Crippen LogP contribution in [0.25, 0.3) is 0 Å². The Labute approximate surface area is 112 Å². The number of benzene rings is 1. The summed E-state index contributed by atoms with van der Waals surface area (Å²) in [6.45, 7) is 5.39. The molecule has 1 rings (SSSR count). The predicted octanol–water partition coefficient (Wildman–Crippen LogP) is 2.63. The van der Waals surface area contributed by atoms with Crippen molar-refractivity contribution in [1.29, 1.82) is 0 Å². The number of halogens is 1. The molecule has 1 aromatic rings. The third kappa shape index (κ3) is 3.69. The smallest absolute Gasteiger partial charge is 0.125 e. The maximum absolute atomic E-state index is 5.88. The molecule has 0 aliphatic heterocycles. The van der Waals surface area contributed by atoms with Gasteiger partial charge in [0.1, 0.15) is 12.4 Å². The van der Waals surface area contributed by atoms with Crippen molar-refractivity contribution in [2.75, 3.05) is 20.7 Å². The Morgan fingerprint density at radius 2 is 2.00 bits per heavy atom. The number of hydrogen-bond donors (Lipinski definition) is 1. The molecule has 0 bridgehead atoms. The van der Waals surface area contributed by atoms with Gasteiger partial charge in [-0.15, -0.1) is 0 Å². The summed E-state index contributed by atoms with van der Waals surface area (Å²) in [6.07, 6.45) is 0. The van der Waals surface area contributed by atoms with Crippen LogP contribution < -0.4 is 10.5 Å². The van der Waals surface area contributed by atoms with Crippen molar-refractivity contribution in [2.24, 2.45) is 5.73 Å². The van der Waals surface area contributed by atoms with Gasteiger partial charge in [0.15, 0.2) is 0 Å². The van der Waals surface area contributed by atoms with E-state index in [2.05, 4.69) is 34.7 Å². The summed E-state index contributed by atoms with van der Waals surface area (Å²) in [7, 11) is 4.10. The lowest BCUT2D eigenvalue weighted by atomic mass is 10.1. The lowest BCUT2D eigenvalue weighted by Gasteiger charge is -2.32. The van der Waals surface area contributed by atoms with Crippen LogP contribution >= 0.6 is 15.9 Å². The lowest BCUT2D eigenvalue weighted by molar-refractivity contribution is 0.113. The highest BCUT2D eigenvalue weighted by Crippen LogP contribution is 2.27. The number of nitrogens with two attached hydrogens (primary N) is 1. The molecule has 0 amide bonds. The van der Waals surface area contributed by atoms with E-state index in [1.165, 1.54) is 0 Å². The average molecular weight is 301 g/mol. The highest BCUT2D eigenvalue weighted by molar-refractivity contribution is 9.10. The molecule has 3 nitrogen and oxygen atoms in total. The minimum atomic E-state index is -0.00577. The van der Waals surface area contributed by atoms with Crippen molar-refractivity contribution in [3.05, 3.63) is 28.2 Å². The normalized spacial score (nSPS) is 11.9. The molecule has 0 aliphatic carbocycles. The number of hydrogen-bond acceptors (Lipinski definition) is 3. The van der Waals surface area contributed by atoms with Crippen LogP contribution in [0.2, 0.25) is 0 Å². The van der Waals surface area contributed by atoms with Gasteiger partial charge < -0.3 is 15.4 Å². The van der Waals surface area contributed by atoms with E-state index in [9.17, 15) is 0 Å². The summed E-state index contributed by atoms with van der Waals surface area (Å²) in [5.41, 5.74) is 6.74. The van der Waals surface area contributed by atoms with E-state index in [1.54, 1.807) is 0 Å². The van der Waals surface area contributed by atoms with Gasteiger partial charge in [0.25, 0.3) is 0 Å². The third-order valence-corrected chi connectivity index (χ3v) is 3.81. The van der Waals surface area contributed by atoms with Crippen molar-refractivity contribution < 1.29 is 4.74 Å². The van der Waals surface area contributed by atoms with Gasteiger partial charge in [0.05, 0.1) is 0 Å². The Balaban J connectivity index is 2.79. The Morgan fingerprint density at radius 1 is 1.35 bits per heavy atom. The van der Waals surface area contributed by atoms with Crippen molar-refractivity contribution in [3.8, 4) is 5.75 Å². The Hall–Kier alpha value is -0.580. The molecule has 0 atom stereocenters. The van der Waals surface area contributed by atoms with Gasteiger partial charge in [0.2, 0.25) is 0 Å². The Morgan fingerprint density at radius 3 is 2.53 bits per heavy atom. The van der Waals surface area contributed by atoms with Crippen LogP contribution in [0, 0.1) is 0 Å². The van der Waals surface area contributed by atoms with Crippen LogP contribution in [-0.2, 0) is 6.54 Å². The molecular formula is C13H21BrN2O. The third-order valence-electron chi connectivity index (χ3n) is 3.07. The monoisotopic (exact) mass is 300 g/mol. The first-order valence-corrected chi connectivity index (χ1v) is 6.45. The topological polar surface area (TPSA) is 38.5 Å². The summed E-state index contributed by atoms with van der Waals surface area (Å²) < 4.78 is 6.88. The fraction of sp³-hybridized carbons (Fsp3) is 0.538. The van der Waals surface area contributed by atoms with E-state index in [0.29, 0.717) is 13.2 Å². The van der Waals surface area contributed by atoms with Gasteiger partial charge in [-0.3, -0.25) is 0 Å². The lowest BCUT2D eigenvalue weighted by Crippen LogP contribution is -2.43. The maximum Gasteiger partial charge on any atom is 0.125 e. The van der Waals surface area contributed by atoms with Crippen LogP contribution in [0.4, 0.5) is 0 Å². The van der Waals surface area contributed by atoms with E-state index in [0.717, 1.165) is 15.8 Å². The zero-order chi connectivity index (χ0) is 13.1. The summed E-state index contributed by atoms with van der Waals surface area (Å²) in [6, 6.07) is 5.89. The molecule has 0 aromatic heterocycles. The van der Waals surface area contributed by atoms with E-state index < -0.39 is 0 Å². The van der Waals surface area contributed by atoms with Crippen LogP contribution in [0.5, 0.6) is 5.75 Å². The first kappa shape index (κ1) is 14.5.